The zero-order valence-electron chi connectivity index (χ0n) is 11.1. The maximum absolute atomic E-state index is 12.7. The molecule has 3 rings (SSSR count). The van der Waals surface area contributed by atoms with Gasteiger partial charge in [-0.3, -0.25) is 4.90 Å². The van der Waals surface area contributed by atoms with E-state index in [1.807, 2.05) is 0 Å². The molecular formula is C13H18ClN3O2S. The second kappa shape index (κ2) is 5.18. The average Bonchev–Trinajstić information content (AvgIpc) is 2.88. The molecule has 0 bridgehead atoms. The molecule has 2 N–H and O–H groups in total. The number of fused-ring (bicyclic) bond motifs is 1. The lowest BCUT2D eigenvalue weighted by molar-refractivity contribution is 0.158. The van der Waals surface area contributed by atoms with E-state index >= 15 is 0 Å². The van der Waals surface area contributed by atoms with Gasteiger partial charge in [0, 0.05) is 31.4 Å². The highest BCUT2D eigenvalue weighted by Crippen LogP contribution is 2.30. The van der Waals surface area contributed by atoms with Crippen LogP contribution in [0.4, 0.5) is 5.69 Å². The molecule has 110 valence electrons. The van der Waals surface area contributed by atoms with Crippen LogP contribution in [0, 0.1) is 0 Å². The molecule has 0 spiro atoms. The van der Waals surface area contributed by atoms with Crippen LogP contribution in [-0.2, 0) is 10.0 Å². The third-order valence-electron chi connectivity index (χ3n) is 4.12. The Morgan fingerprint density at radius 3 is 2.85 bits per heavy atom. The summed E-state index contributed by atoms with van der Waals surface area (Å²) in [5.74, 6) is 0. The monoisotopic (exact) mass is 315 g/mol. The van der Waals surface area contributed by atoms with Crippen molar-refractivity contribution in [3.8, 4) is 0 Å². The normalized spacial score (nSPS) is 24.8. The predicted molar refractivity (Wildman–Crippen MR) is 79.2 cm³/mol. The van der Waals surface area contributed by atoms with Crippen LogP contribution >= 0.6 is 11.6 Å². The van der Waals surface area contributed by atoms with E-state index in [-0.39, 0.29) is 9.92 Å². The molecular weight excluding hydrogens is 298 g/mol. The number of piperazine rings is 1. The number of anilines is 1. The van der Waals surface area contributed by atoms with Crippen molar-refractivity contribution in [3.05, 3.63) is 23.2 Å². The van der Waals surface area contributed by atoms with E-state index in [0.29, 0.717) is 24.8 Å². The first-order valence-corrected chi connectivity index (χ1v) is 8.59. The smallest absolute Gasteiger partial charge is 0.244 e. The Kier molecular flexibility index (Phi) is 3.66. The molecule has 0 saturated carbocycles. The van der Waals surface area contributed by atoms with Crippen molar-refractivity contribution in [3.63, 3.8) is 0 Å². The molecule has 2 saturated heterocycles. The Labute approximate surface area is 124 Å². The van der Waals surface area contributed by atoms with E-state index in [0.717, 1.165) is 25.9 Å². The van der Waals surface area contributed by atoms with Crippen LogP contribution in [0.15, 0.2) is 23.1 Å². The highest BCUT2D eigenvalue weighted by Gasteiger charge is 2.36. The minimum absolute atomic E-state index is 0.116. The lowest BCUT2D eigenvalue weighted by Gasteiger charge is -2.36. The Balaban J connectivity index is 1.90. The second-order valence-electron chi connectivity index (χ2n) is 5.38. The van der Waals surface area contributed by atoms with Gasteiger partial charge in [0.15, 0.2) is 0 Å². The van der Waals surface area contributed by atoms with Gasteiger partial charge >= 0.3 is 0 Å². The van der Waals surface area contributed by atoms with Crippen LogP contribution in [0.25, 0.3) is 0 Å². The first-order chi connectivity index (χ1) is 9.48. The van der Waals surface area contributed by atoms with Gasteiger partial charge in [-0.1, -0.05) is 11.6 Å². The number of benzene rings is 1. The number of nitrogens with two attached hydrogens (primary N) is 1. The standard InChI is InChI=1S/C13H18ClN3O2S/c14-12-4-3-10(15)8-13(12)20(18,19)17-7-6-16-5-1-2-11(16)9-17/h3-4,8,11H,1-2,5-7,9,15H2. The van der Waals surface area contributed by atoms with Crippen LogP contribution in [-0.4, -0.2) is 49.8 Å². The van der Waals surface area contributed by atoms with E-state index < -0.39 is 10.0 Å². The largest absolute Gasteiger partial charge is 0.399 e. The highest BCUT2D eigenvalue weighted by atomic mass is 35.5. The quantitative estimate of drug-likeness (QED) is 0.838. The van der Waals surface area contributed by atoms with E-state index in [2.05, 4.69) is 4.90 Å². The van der Waals surface area contributed by atoms with Gasteiger partial charge in [-0.15, -0.1) is 0 Å². The van der Waals surface area contributed by atoms with Gasteiger partial charge in [0.2, 0.25) is 10.0 Å². The summed E-state index contributed by atoms with van der Waals surface area (Å²) < 4.78 is 27.0. The zero-order chi connectivity index (χ0) is 14.3. The Bertz CT molecular complexity index is 620. The molecule has 1 aromatic carbocycles. The van der Waals surface area contributed by atoms with Crippen molar-refractivity contribution >= 4 is 27.3 Å². The van der Waals surface area contributed by atoms with Crippen molar-refractivity contribution in [2.24, 2.45) is 0 Å². The number of hydrogen-bond acceptors (Lipinski definition) is 4. The highest BCUT2D eigenvalue weighted by molar-refractivity contribution is 7.89. The summed E-state index contributed by atoms with van der Waals surface area (Å²) in [5.41, 5.74) is 6.10. The summed E-state index contributed by atoms with van der Waals surface area (Å²) in [6, 6.07) is 4.93. The fourth-order valence-electron chi connectivity index (χ4n) is 3.04. The van der Waals surface area contributed by atoms with E-state index in [9.17, 15) is 8.42 Å². The van der Waals surface area contributed by atoms with Crippen molar-refractivity contribution in [1.29, 1.82) is 0 Å². The molecule has 1 aromatic rings. The lowest BCUT2D eigenvalue weighted by atomic mass is 10.2. The maximum Gasteiger partial charge on any atom is 0.244 e. The van der Waals surface area contributed by atoms with Crippen LogP contribution in [0.3, 0.4) is 0 Å². The molecule has 7 heteroatoms. The van der Waals surface area contributed by atoms with Crippen molar-refractivity contribution < 1.29 is 8.42 Å². The number of sulfonamides is 1. The summed E-state index contributed by atoms with van der Waals surface area (Å²) in [6.45, 7) is 2.94. The average molecular weight is 316 g/mol. The van der Waals surface area contributed by atoms with Crippen molar-refractivity contribution in [2.75, 3.05) is 31.9 Å². The minimum Gasteiger partial charge on any atom is -0.399 e. The van der Waals surface area contributed by atoms with Gasteiger partial charge in [-0.25, -0.2) is 8.42 Å². The van der Waals surface area contributed by atoms with Crippen LogP contribution in [0.2, 0.25) is 5.02 Å². The number of nitrogens with zero attached hydrogens (tertiary/aromatic N) is 2. The topological polar surface area (TPSA) is 66.6 Å². The molecule has 0 amide bonds. The van der Waals surface area contributed by atoms with Gasteiger partial charge in [-0.05, 0) is 37.6 Å². The first-order valence-electron chi connectivity index (χ1n) is 6.78. The molecule has 2 fully saturated rings. The van der Waals surface area contributed by atoms with E-state index in [1.165, 1.54) is 12.1 Å². The SMILES string of the molecule is Nc1ccc(Cl)c(S(=O)(=O)N2CCN3CCCC3C2)c1. The lowest BCUT2D eigenvalue weighted by Crippen LogP contribution is -2.51. The van der Waals surface area contributed by atoms with Gasteiger partial charge < -0.3 is 5.73 Å². The Morgan fingerprint density at radius 2 is 2.05 bits per heavy atom. The summed E-state index contributed by atoms with van der Waals surface area (Å²) in [7, 11) is -3.56. The number of rotatable bonds is 2. The van der Waals surface area contributed by atoms with Gasteiger partial charge in [0.1, 0.15) is 4.90 Å². The Morgan fingerprint density at radius 1 is 1.25 bits per heavy atom. The summed E-state index contributed by atoms with van der Waals surface area (Å²) in [6.07, 6.45) is 2.22. The summed E-state index contributed by atoms with van der Waals surface area (Å²) in [4.78, 5) is 2.48. The van der Waals surface area contributed by atoms with Crippen LogP contribution in [0.5, 0.6) is 0 Å². The fourth-order valence-corrected chi connectivity index (χ4v) is 5.02. The molecule has 2 heterocycles. The molecule has 0 aliphatic carbocycles. The summed E-state index contributed by atoms with van der Waals surface area (Å²) >= 11 is 6.04. The van der Waals surface area contributed by atoms with E-state index in [1.54, 1.807) is 10.4 Å². The number of halogens is 1. The molecule has 5 nitrogen and oxygen atoms in total. The number of hydrogen-bond donors (Lipinski definition) is 1. The predicted octanol–water partition coefficient (Wildman–Crippen LogP) is 1.39. The maximum atomic E-state index is 12.7. The minimum atomic E-state index is -3.56. The molecule has 0 aromatic heterocycles. The molecule has 20 heavy (non-hydrogen) atoms. The summed E-state index contributed by atoms with van der Waals surface area (Å²) in [5, 5.41) is 0.230. The van der Waals surface area contributed by atoms with Gasteiger partial charge in [-0.2, -0.15) is 4.31 Å². The zero-order valence-corrected chi connectivity index (χ0v) is 12.7. The fraction of sp³-hybridized carbons (Fsp3) is 0.538. The Hall–Kier alpha value is -0.820. The van der Waals surface area contributed by atoms with Crippen LogP contribution in [0.1, 0.15) is 12.8 Å². The van der Waals surface area contributed by atoms with Gasteiger partial charge in [0.05, 0.1) is 5.02 Å². The third-order valence-corrected chi connectivity index (χ3v) is 6.47. The third kappa shape index (κ3) is 2.41. The van der Waals surface area contributed by atoms with Crippen molar-refractivity contribution in [1.82, 2.24) is 9.21 Å². The molecule has 1 unspecified atom stereocenters. The van der Waals surface area contributed by atoms with E-state index in [4.69, 9.17) is 17.3 Å². The molecule has 2 aliphatic rings. The van der Waals surface area contributed by atoms with Crippen molar-refractivity contribution in [2.45, 2.75) is 23.8 Å². The van der Waals surface area contributed by atoms with Gasteiger partial charge in [0.25, 0.3) is 0 Å². The molecule has 0 radical (unpaired) electrons. The van der Waals surface area contributed by atoms with Crippen LogP contribution < -0.4 is 5.73 Å². The molecule has 1 atom stereocenters. The second-order valence-corrected chi connectivity index (χ2v) is 7.70. The number of nitrogen functional groups attached to an aromatic ring is 1. The first kappa shape index (κ1) is 14.1. The molecule has 2 aliphatic heterocycles.